The molecule has 3 atom stereocenters. The van der Waals surface area contributed by atoms with E-state index in [1.807, 2.05) is 0 Å². The predicted octanol–water partition coefficient (Wildman–Crippen LogP) is 2.16. The molecule has 0 aromatic carbocycles. The first-order valence-electron chi connectivity index (χ1n) is 6.85. The molecule has 0 bridgehead atoms. The number of nitrogens with zero attached hydrogens (tertiary/aromatic N) is 2. The highest BCUT2D eigenvalue weighted by Crippen LogP contribution is 2.28. The first-order valence-corrected chi connectivity index (χ1v) is 7.79. The normalized spacial score (nSPS) is 26.1. The summed E-state index contributed by atoms with van der Waals surface area (Å²) in [5.41, 5.74) is 7.61. The van der Waals surface area contributed by atoms with E-state index in [-0.39, 0.29) is 6.04 Å². The van der Waals surface area contributed by atoms with Crippen LogP contribution in [0.4, 0.5) is 0 Å². The van der Waals surface area contributed by atoms with E-state index >= 15 is 0 Å². The van der Waals surface area contributed by atoms with Gasteiger partial charge in [0.25, 0.3) is 0 Å². The highest BCUT2D eigenvalue weighted by atomic mass is 32.1. The molecule has 4 heteroatoms. The Morgan fingerprint density at radius 3 is 2.83 bits per heavy atom. The molecule has 1 aliphatic rings. The van der Waals surface area contributed by atoms with Crippen molar-refractivity contribution < 1.29 is 0 Å². The van der Waals surface area contributed by atoms with Crippen LogP contribution in [0.2, 0.25) is 0 Å². The fourth-order valence-electron chi connectivity index (χ4n) is 2.95. The average Bonchev–Trinajstić information content (AvgIpc) is 2.84. The standard InChI is InChI=1S/C14H25N3S/c1-4-13-9-17(7-6-16(13)3)14(11(2)15)12-5-8-18-10-12/h5,8,10-11,13-14H,4,6-7,9,15H2,1-3H3. The minimum atomic E-state index is 0.181. The summed E-state index contributed by atoms with van der Waals surface area (Å²) in [6, 6.07) is 3.44. The van der Waals surface area contributed by atoms with Crippen LogP contribution in [-0.2, 0) is 0 Å². The van der Waals surface area contributed by atoms with Gasteiger partial charge in [-0.15, -0.1) is 0 Å². The van der Waals surface area contributed by atoms with Crippen molar-refractivity contribution in [1.29, 1.82) is 0 Å². The van der Waals surface area contributed by atoms with E-state index < -0.39 is 0 Å². The summed E-state index contributed by atoms with van der Waals surface area (Å²) < 4.78 is 0. The van der Waals surface area contributed by atoms with Gasteiger partial charge in [-0.05, 0) is 42.8 Å². The summed E-state index contributed by atoms with van der Waals surface area (Å²) in [4.78, 5) is 5.04. The zero-order valence-corrected chi connectivity index (χ0v) is 12.5. The second kappa shape index (κ2) is 6.15. The number of thiophene rings is 1. The topological polar surface area (TPSA) is 32.5 Å². The molecular weight excluding hydrogens is 242 g/mol. The molecule has 102 valence electrons. The molecule has 2 heterocycles. The molecule has 0 spiro atoms. The Morgan fingerprint density at radius 2 is 2.28 bits per heavy atom. The highest BCUT2D eigenvalue weighted by Gasteiger charge is 2.30. The number of hydrogen-bond acceptors (Lipinski definition) is 4. The van der Waals surface area contributed by atoms with Crippen LogP contribution in [0.1, 0.15) is 31.9 Å². The van der Waals surface area contributed by atoms with Gasteiger partial charge in [0.05, 0.1) is 6.04 Å². The summed E-state index contributed by atoms with van der Waals surface area (Å²) in [6.07, 6.45) is 1.21. The van der Waals surface area contributed by atoms with Gasteiger partial charge in [-0.3, -0.25) is 4.90 Å². The van der Waals surface area contributed by atoms with Crippen LogP contribution in [0.5, 0.6) is 0 Å². The van der Waals surface area contributed by atoms with Gasteiger partial charge in [-0.25, -0.2) is 0 Å². The van der Waals surface area contributed by atoms with Crippen LogP contribution in [0.25, 0.3) is 0 Å². The number of nitrogens with two attached hydrogens (primary N) is 1. The van der Waals surface area contributed by atoms with Crippen molar-refractivity contribution in [2.24, 2.45) is 5.73 Å². The predicted molar refractivity (Wildman–Crippen MR) is 79.0 cm³/mol. The maximum atomic E-state index is 6.23. The molecule has 18 heavy (non-hydrogen) atoms. The average molecular weight is 267 g/mol. The third-order valence-electron chi connectivity index (χ3n) is 4.06. The Kier molecular flexibility index (Phi) is 4.78. The second-order valence-electron chi connectivity index (χ2n) is 5.40. The third-order valence-corrected chi connectivity index (χ3v) is 4.76. The maximum Gasteiger partial charge on any atom is 0.0505 e. The third kappa shape index (κ3) is 2.94. The highest BCUT2D eigenvalue weighted by molar-refractivity contribution is 7.07. The Hall–Kier alpha value is -0.420. The lowest BCUT2D eigenvalue weighted by Crippen LogP contribution is -2.54. The first-order chi connectivity index (χ1) is 8.63. The zero-order chi connectivity index (χ0) is 13.1. The largest absolute Gasteiger partial charge is 0.326 e. The molecular formula is C14H25N3S. The van der Waals surface area contributed by atoms with Crippen LogP contribution in [0.15, 0.2) is 16.8 Å². The van der Waals surface area contributed by atoms with Gasteiger partial charge in [0.2, 0.25) is 0 Å². The molecule has 1 saturated heterocycles. The monoisotopic (exact) mass is 267 g/mol. The van der Waals surface area contributed by atoms with Gasteiger partial charge in [-0.2, -0.15) is 11.3 Å². The number of likely N-dealkylation sites (N-methyl/N-ethyl adjacent to an activating group) is 1. The smallest absolute Gasteiger partial charge is 0.0505 e. The summed E-state index contributed by atoms with van der Waals surface area (Å²) in [5.74, 6) is 0. The summed E-state index contributed by atoms with van der Waals surface area (Å²) >= 11 is 1.76. The van der Waals surface area contributed by atoms with E-state index in [9.17, 15) is 0 Å². The van der Waals surface area contributed by atoms with Crippen molar-refractivity contribution >= 4 is 11.3 Å². The minimum Gasteiger partial charge on any atom is -0.326 e. The maximum absolute atomic E-state index is 6.23. The molecule has 0 radical (unpaired) electrons. The van der Waals surface area contributed by atoms with Crippen molar-refractivity contribution in [3.05, 3.63) is 22.4 Å². The summed E-state index contributed by atoms with van der Waals surface area (Å²) in [5, 5.41) is 4.39. The van der Waals surface area contributed by atoms with Crippen molar-refractivity contribution in [1.82, 2.24) is 9.80 Å². The molecule has 0 amide bonds. The molecule has 3 unspecified atom stereocenters. The minimum absolute atomic E-state index is 0.181. The molecule has 3 nitrogen and oxygen atoms in total. The molecule has 2 rings (SSSR count). The van der Waals surface area contributed by atoms with E-state index in [1.165, 1.54) is 12.0 Å². The van der Waals surface area contributed by atoms with Crippen molar-refractivity contribution in [3.8, 4) is 0 Å². The number of piperazine rings is 1. The SMILES string of the molecule is CCC1CN(C(c2ccsc2)C(C)N)CCN1C. The Bertz CT molecular complexity index is 350. The fourth-order valence-corrected chi connectivity index (χ4v) is 3.64. The first kappa shape index (κ1) is 14.0. The molecule has 0 aliphatic carbocycles. The van der Waals surface area contributed by atoms with E-state index in [1.54, 1.807) is 11.3 Å². The fraction of sp³-hybridized carbons (Fsp3) is 0.714. The van der Waals surface area contributed by atoms with E-state index in [0.29, 0.717) is 12.1 Å². The van der Waals surface area contributed by atoms with Crippen molar-refractivity contribution in [2.75, 3.05) is 26.7 Å². The summed E-state index contributed by atoms with van der Waals surface area (Å²) in [7, 11) is 2.23. The molecule has 0 saturated carbocycles. The van der Waals surface area contributed by atoms with Crippen LogP contribution >= 0.6 is 11.3 Å². The van der Waals surface area contributed by atoms with Gasteiger partial charge in [0.15, 0.2) is 0 Å². The Labute approximate surface area is 115 Å². The Morgan fingerprint density at radius 1 is 1.50 bits per heavy atom. The van der Waals surface area contributed by atoms with E-state index in [4.69, 9.17) is 5.73 Å². The molecule has 2 N–H and O–H groups in total. The molecule has 1 aromatic rings. The van der Waals surface area contributed by atoms with Crippen LogP contribution < -0.4 is 5.73 Å². The van der Waals surface area contributed by atoms with Gasteiger partial charge in [0, 0.05) is 31.7 Å². The van der Waals surface area contributed by atoms with E-state index in [2.05, 4.69) is 47.5 Å². The summed E-state index contributed by atoms with van der Waals surface area (Å²) in [6.45, 7) is 7.80. The lowest BCUT2D eigenvalue weighted by Gasteiger charge is -2.44. The van der Waals surface area contributed by atoms with Gasteiger partial charge < -0.3 is 10.6 Å². The van der Waals surface area contributed by atoms with Gasteiger partial charge in [0.1, 0.15) is 0 Å². The van der Waals surface area contributed by atoms with Crippen LogP contribution in [0.3, 0.4) is 0 Å². The van der Waals surface area contributed by atoms with E-state index in [0.717, 1.165) is 19.6 Å². The zero-order valence-electron chi connectivity index (χ0n) is 11.7. The van der Waals surface area contributed by atoms with Gasteiger partial charge in [-0.1, -0.05) is 6.92 Å². The van der Waals surface area contributed by atoms with Crippen LogP contribution in [-0.4, -0.2) is 48.6 Å². The quantitative estimate of drug-likeness (QED) is 0.907. The molecule has 1 aromatic heterocycles. The lowest BCUT2D eigenvalue weighted by molar-refractivity contribution is 0.0551. The number of hydrogen-bond donors (Lipinski definition) is 1. The lowest BCUT2D eigenvalue weighted by atomic mass is 9.99. The molecule has 1 fully saturated rings. The molecule has 1 aliphatic heterocycles. The van der Waals surface area contributed by atoms with Crippen molar-refractivity contribution in [2.45, 2.75) is 38.4 Å². The van der Waals surface area contributed by atoms with Crippen molar-refractivity contribution in [3.63, 3.8) is 0 Å². The van der Waals surface area contributed by atoms with Gasteiger partial charge >= 0.3 is 0 Å². The van der Waals surface area contributed by atoms with Crippen LogP contribution in [0, 0.1) is 0 Å². The Balaban J connectivity index is 2.12. The second-order valence-corrected chi connectivity index (χ2v) is 6.18. The number of rotatable bonds is 4.